The summed E-state index contributed by atoms with van der Waals surface area (Å²) in [5.74, 6) is -0.302. The lowest BCUT2D eigenvalue weighted by Crippen LogP contribution is -2.14. The molecule has 4 nitrogen and oxygen atoms in total. The summed E-state index contributed by atoms with van der Waals surface area (Å²) >= 11 is 12.0. The van der Waals surface area contributed by atoms with E-state index in [0.717, 1.165) is 29.2 Å². The minimum absolute atomic E-state index is 0.302. The van der Waals surface area contributed by atoms with Crippen molar-refractivity contribution in [3.8, 4) is 0 Å². The van der Waals surface area contributed by atoms with Crippen molar-refractivity contribution in [2.24, 2.45) is 0 Å². The van der Waals surface area contributed by atoms with Gasteiger partial charge in [-0.3, -0.25) is 4.79 Å². The Balaban J connectivity index is 1.54. The number of pyridine rings is 1. The maximum absolute atomic E-state index is 12.2. The largest absolute Gasteiger partial charge is 0.383 e. The van der Waals surface area contributed by atoms with Gasteiger partial charge in [-0.15, -0.1) is 0 Å². The van der Waals surface area contributed by atoms with Crippen molar-refractivity contribution in [3.05, 3.63) is 88.2 Å². The van der Waals surface area contributed by atoms with Gasteiger partial charge in [-0.05, 0) is 48.4 Å². The summed E-state index contributed by atoms with van der Waals surface area (Å²) in [5, 5.41) is 7.25. The van der Waals surface area contributed by atoms with Crippen LogP contribution in [0.5, 0.6) is 0 Å². The van der Waals surface area contributed by atoms with Gasteiger partial charge in [-0.2, -0.15) is 0 Å². The van der Waals surface area contributed by atoms with E-state index in [9.17, 15) is 4.79 Å². The lowest BCUT2D eigenvalue weighted by atomic mass is 10.1. The normalized spacial score (nSPS) is 10.4. The lowest BCUT2D eigenvalue weighted by Gasteiger charge is -2.09. The molecule has 3 aromatic rings. The van der Waals surface area contributed by atoms with Gasteiger partial charge in [-0.25, -0.2) is 4.98 Å². The number of carbonyl (C=O) groups excluding carboxylic acids is 1. The van der Waals surface area contributed by atoms with E-state index in [2.05, 4.69) is 15.6 Å². The molecule has 26 heavy (non-hydrogen) atoms. The molecule has 0 aliphatic rings. The zero-order valence-corrected chi connectivity index (χ0v) is 15.4. The lowest BCUT2D eigenvalue weighted by molar-refractivity contribution is 0.102. The summed E-state index contributed by atoms with van der Waals surface area (Å²) in [6.07, 6.45) is 2.48. The first-order valence-corrected chi connectivity index (χ1v) is 8.88. The highest BCUT2D eigenvalue weighted by atomic mass is 35.5. The summed E-state index contributed by atoms with van der Waals surface area (Å²) in [6.45, 7) is 0.743. The average Bonchev–Trinajstić information content (AvgIpc) is 2.64. The number of benzene rings is 2. The zero-order chi connectivity index (χ0) is 18.4. The first-order valence-electron chi connectivity index (χ1n) is 8.12. The smallest absolute Gasteiger partial charge is 0.274 e. The number of carbonyl (C=O) groups is 1. The van der Waals surface area contributed by atoms with Gasteiger partial charge in [0.1, 0.15) is 5.69 Å². The molecular formula is C20H17Cl2N3O. The topological polar surface area (TPSA) is 54.0 Å². The summed E-state index contributed by atoms with van der Waals surface area (Å²) in [7, 11) is 0. The van der Waals surface area contributed by atoms with E-state index in [1.807, 2.05) is 36.4 Å². The zero-order valence-electron chi connectivity index (χ0n) is 13.9. The second-order valence-corrected chi connectivity index (χ2v) is 6.52. The Bertz CT molecular complexity index is 898. The fourth-order valence-corrected chi connectivity index (χ4v) is 2.82. The van der Waals surface area contributed by atoms with Gasteiger partial charge >= 0.3 is 0 Å². The standard InChI is InChI=1S/C20H17Cl2N3O/c21-15-5-3-4-14(12-15)10-11-23-16-8-9-19(24-13-16)20(26)25-18-7-2-1-6-17(18)22/h1-9,12-13,23H,10-11H2,(H,25,26). The number of nitrogens with zero attached hydrogens (tertiary/aromatic N) is 1. The van der Waals surface area contributed by atoms with E-state index in [-0.39, 0.29) is 5.91 Å². The molecular weight excluding hydrogens is 369 g/mol. The molecule has 0 spiro atoms. The van der Waals surface area contributed by atoms with Crippen LogP contribution >= 0.6 is 23.2 Å². The second kappa shape index (κ2) is 8.70. The molecule has 0 saturated heterocycles. The predicted octanol–water partition coefficient (Wildman–Crippen LogP) is 5.30. The van der Waals surface area contributed by atoms with Crippen LogP contribution in [0.1, 0.15) is 16.1 Å². The number of halogens is 2. The Hall–Kier alpha value is -2.56. The van der Waals surface area contributed by atoms with E-state index < -0.39 is 0 Å². The van der Waals surface area contributed by atoms with Gasteiger partial charge in [0.25, 0.3) is 5.91 Å². The van der Waals surface area contributed by atoms with Crippen LogP contribution in [0.4, 0.5) is 11.4 Å². The number of nitrogens with one attached hydrogen (secondary N) is 2. The van der Waals surface area contributed by atoms with Crippen LogP contribution in [0.3, 0.4) is 0 Å². The molecule has 6 heteroatoms. The van der Waals surface area contributed by atoms with Crippen LogP contribution in [0.2, 0.25) is 10.0 Å². The highest BCUT2D eigenvalue weighted by Gasteiger charge is 2.09. The van der Waals surface area contributed by atoms with Crippen molar-refractivity contribution >= 4 is 40.5 Å². The SMILES string of the molecule is O=C(Nc1ccccc1Cl)c1ccc(NCCc2cccc(Cl)c2)cn1. The van der Waals surface area contributed by atoms with Crippen LogP contribution in [0.25, 0.3) is 0 Å². The molecule has 0 radical (unpaired) electrons. The van der Waals surface area contributed by atoms with Crippen molar-refractivity contribution < 1.29 is 4.79 Å². The Morgan fingerprint density at radius 3 is 2.58 bits per heavy atom. The van der Waals surface area contributed by atoms with Crippen molar-refractivity contribution in [2.75, 3.05) is 17.2 Å². The van der Waals surface area contributed by atoms with Gasteiger partial charge < -0.3 is 10.6 Å². The van der Waals surface area contributed by atoms with E-state index in [0.29, 0.717) is 16.4 Å². The molecule has 0 aliphatic carbocycles. The van der Waals surface area contributed by atoms with Crippen molar-refractivity contribution in [1.82, 2.24) is 4.98 Å². The number of hydrogen-bond acceptors (Lipinski definition) is 3. The molecule has 1 aromatic heterocycles. The summed E-state index contributed by atoms with van der Waals surface area (Å²) in [5.41, 5.74) is 2.89. The number of anilines is 2. The van der Waals surface area contributed by atoms with E-state index in [1.165, 1.54) is 0 Å². The number of aromatic nitrogens is 1. The van der Waals surface area contributed by atoms with E-state index in [1.54, 1.807) is 30.5 Å². The molecule has 132 valence electrons. The van der Waals surface area contributed by atoms with Gasteiger partial charge in [0, 0.05) is 11.6 Å². The summed E-state index contributed by atoms with van der Waals surface area (Å²) in [6, 6.07) is 18.4. The number of para-hydroxylation sites is 1. The highest BCUT2D eigenvalue weighted by molar-refractivity contribution is 6.33. The summed E-state index contributed by atoms with van der Waals surface area (Å²) in [4.78, 5) is 16.4. The molecule has 2 aromatic carbocycles. The van der Waals surface area contributed by atoms with Crippen molar-refractivity contribution in [2.45, 2.75) is 6.42 Å². The molecule has 0 aliphatic heterocycles. The summed E-state index contributed by atoms with van der Waals surface area (Å²) < 4.78 is 0. The van der Waals surface area contributed by atoms with Gasteiger partial charge in [0.2, 0.25) is 0 Å². The Kier molecular flexibility index (Phi) is 6.10. The fraction of sp³-hybridized carbons (Fsp3) is 0.100. The quantitative estimate of drug-likeness (QED) is 0.605. The van der Waals surface area contributed by atoms with Crippen LogP contribution in [0, 0.1) is 0 Å². The van der Waals surface area contributed by atoms with E-state index >= 15 is 0 Å². The second-order valence-electron chi connectivity index (χ2n) is 5.67. The van der Waals surface area contributed by atoms with Crippen LogP contribution in [-0.2, 0) is 6.42 Å². The van der Waals surface area contributed by atoms with Crippen LogP contribution in [0.15, 0.2) is 66.9 Å². The highest BCUT2D eigenvalue weighted by Crippen LogP contribution is 2.21. The average molecular weight is 386 g/mol. The third kappa shape index (κ3) is 4.97. The first kappa shape index (κ1) is 18.2. The molecule has 0 atom stereocenters. The fourth-order valence-electron chi connectivity index (χ4n) is 2.43. The van der Waals surface area contributed by atoms with Crippen molar-refractivity contribution in [3.63, 3.8) is 0 Å². The molecule has 2 N–H and O–H groups in total. The maximum atomic E-state index is 12.2. The molecule has 3 rings (SSSR count). The monoisotopic (exact) mass is 385 g/mol. The molecule has 1 heterocycles. The third-order valence-corrected chi connectivity index (χ3v) is 4.31. The molecule has 1 amide bonds. The number of amides is 1. The maximum Gasteiger partial charge on any atom is 0.274 e. The Labute approximate surface area is 162 Å². The third-order valence-electron chi connectivity index (χ3n) is 3.75. The van der Waals surface area contributed by atoms with Crippen LogP contribution in [-0.4, -0.2) is 17.4 Å². The minimum Gasteiger partial charge on any atom is -0.383 e. The number of hydrogen-bond donors (Lipinski definition) is 2. The van der Waals surface area contributed by atoms with Gasteiger partial charge in [0.15, 0.2) is 0 Å². The van der Waals surface area contributed by atoms with Crippen molar-refractivity contribution in [1.29, 1.82) is 0 Å². The van der Waals surface area contributed by atoms with E-state index in [4.69, 9.17) is 23.2 Å². The molecule has 0 bridgehead atoms. The Morgan fingerprint density at radius 2 is 1.85 bits per heavy atom. The van der Waals surface area contributed by atoms with Gasteiger partial charge in [-0.1, -0.05) is 47.5 Å². The van der Waals surface area contributed by atoms with Crippen LogP contribution < -0.4 is 10.6 Å². The Morgan fingerprint density at radius 1 is 1.00 bits per heavy atom. The molecule has 0 saturated carbocycles. The molecule has 0 unspecified atom stereocenters. The molecule has 0 fully saturated rings. The van der Waals surface area contributed by atoms with Gasteiger partial charge in [0.05, 0.1) is 22.6 Å². The first-order chi connectivity index (χ1) is 12.6. The minimum atomic E-state index is -0.302. The predicted molar refractivity (Wildman–Crippen MR) is 107 cm³/mol. The number of rotatable bonds is 6.